The van der Waals surface area contributed by atoms with E-state index in [4.69, 9.17) is 10.3 Å². The minimum Gasteiger partial charge on any atom is -0.395 e. The zero-order valence-electron chi connectivity index (χ0n) is 10.5. The van der Waals surface area contributed by atoms with Crippen LogP contribution in [0.3, 0.4) is 0 Å². The zero-order chi connectivity index (χ0) is 13.3. The summed E-state index contributed by atoms with van der Waals surface area (Å²) in [6.45, 7) is 3.70. The van der Waals surface area contributed by atoms with Crippen LogP contribution in [0, 0.1) is 6.92 Å². The number of hydrogen-bond acceptors (Lipinski definition) is 5. The van der Waals surface area contributed by atoms with Gasteiger partial charge in [0.1, 0.15) is 5.69 Å². The van der Waals surface area contributed by atoms with Gasteiger partial charge in [0, 0.05) is 13.1 Å². The Kier molecular flexibility index (Phi) is 3.05. The number of aromatic nitrogens is 3. The third-order valence-corrected chi connectivity index (χ3v) is 2.58. The minimum atomic E-state index is -0.363. The summed E-state index contributed by atoms with van der Waals surface area (Å²) < 4.78 is 6.38. The number of carbonyl (C=O) groups is 1. The van der Waals surface area contributed by atoms with E-state index in [0.29, 0.717) is 29.2 Å². The van der Waals surface area contributed by atoms with Crippen molar-refractivity contribution < 1.29 is 9.32 Å². The lowest BCUT2D eigenvalue weighted by Gasteiger charge is -2.02. The van der Waals surface area contributed by atoms with Gasteiger partial charge >= 0.3 is 0 Å². The summed E-state index contributed by atoms with van der Waals surface area (Å²) in [4.78, 5) is 12.1. The molecule has 2 aromatic heterocycles. The quantitative estimate of drug-likeness (QED) is 0.849. The first-order valence-corrected chi connectivity index (χ1v) is 5.59. The minimum absolute atomic E-state index is 0.288. The van der Waals surface area contributed by atoms with Gasteiger partial charge in [-0.05, 0) is 13.3 Å². The van der Waals surface area contributed by atoms with E-state index in [0.717, 1.165) is 0 Å². The van der Waals surface area contributed by atoms with Gasteiger partial charge in [0.05, 0.1) is 17.1 Å². The Morgan fingerprint density at radius 2 is 2.33 bits per heavy atom. The summed E-state index contributed by atoms with van der Waals surface area (Å²) in [5.41, 5.74) is 8.00. The molecule has 0 atom stereocenters. The molecule has 0 radical (unpaired) electrons. The van der Waals surface area contributed by atoms with E-state index in [1.807, 2.05) is 6.92 Å². The van der Waals surface area contributed by atoms with E-state index in [-0.39, 0.29) is 11.8 Å². The molecule has 7 heteroatoms. The second kappa shape index (κ2) is 4.52. The average Bonchev–Trinajstić information content (AvgIpc) is 2.83. The zero-order valence-corrected chi connectivity index (χ0v) is 10.5. The highest BCUT2D eigenvalue weighted by Gasteiger charge is 2.20. The number of nitrogens with zero attached hydrogens (tertiary/aromatic N) is 3. The Bertz CT molecular complexity index is 584. The highest BCUT2D eigenvalue weighted by atomic mass is 16.5. The Morgan fingerprint density at radius 1 is 1.61 bits per heavy atom. The van der Waals surface area contributed by atoms with Crippen molar-refractivity contribution in [3.8, 4) is 0 Å². The van der Waals surface area contributed by atoms with E-state index in [2.05, 4.69) is 15.6 Å². The van der Waals surface area contributed by atoms with Crippen LogP contribution in [0.2, 0.25) is 0 Å². The van der Waals surface area contributed by atoms with Crippen molar-refractivity contribution >= 4 is 17.5 Å². The molecule has 18 heavy (non-hydrogen) atoms. The third-order valence-electron chi connectivity index (χ3n) is 2.58. The fourth-order valence-corrected chi connectivity index (χ4v) is 1.72. The second-order valence-electron chi connectivity index (χ2n) is 3.97. The number of anilines is 2. The van der Waals surface area contributed by atoms with Crippen molar-refractivity contribution in [1.82, 2.24) is 14.9 Å². The molecule has 0 fully saturated rings. The summed E-state index contributed by atoms with van der Waals surface area (Å²) in [5, 5.41) is 10.5. The lowest BCUT2D eigenvalue weighted by molar-refractivity contribution is 0.101. The number of nitrogens with one attached hydrogen (secondary N) is 1. The van der Waals surface area contributed by atoms with E-state index >= 15 is 0 Å². The summed E-state index contributed by atoms with van der Waals surface area (Å²) in [7, 11) is 1.68. The van der Waals surface area contributed by atoms with Gasteiger partial charge in [0.15, 0.2) is 0 Å². The Balaban J connectivity index is 2.26. The number of nitrogens with two attached hydrogens (primary N) is 1. The fraction of sp³-hybridized carbons (Fsp3) is 0.364. The van der Waals surface area contributed by atoms with Crippen molar-refractivity contribution in [1.29, 1.82) is 0 Å². The molecule has 0 spiro atoms. The molecule has 0 aliphatic rings. The average molecular weight is 249 g/mol. The molecule has 0 aliphatic heterocycles. The Hall–Kier alpha value is -2.31. The normalized spacial score (nSPS) is 10.6. The number of rotatable bonds is 3. The van der Waals surface area contributed by atoms with E-state index in [1.165, 1.54) is 4.68 Å². The summed E-state index contributed by atoms with van der Waals surface area (Å²) in [6, 6.07) is 1.63. The maximum atomic E-state index is 12.1. The first-order chi connectivity index (χ1) is 8.52. The van der Waals surface area contributed by atoms with Crippen LogP contribution in [0.1, 0.15) is 28.8 Å². The molecule has 96 valence electrons. The van der Waals surface area contributed by atoms with E-state index in [1.54, 1.807) is 20.0 Å². The van der Waals surface area contributed by atoms with Crippen LogP contribution in [0.5, 0.6) is 0 Å². The van der Waals surface area contributed by atoms with Crippen molar-refractivity contribution in [3.63, 3.8) is 0 Å². The van der Waals surface area contributed by atoms with Gasteiger partial charge in [-0.2, -0.15) is 5.10 Å². The predicted molar refractivity (Wildman–Crippen MR) is 66.2 cm³/mol. The molecule has 0 saturated carbocycles. The van der Waals surface area contributed by atoms with Gasteiger partial charge < -0.3 is 10.3 Å². The summed E-state index contributed by atoms with van der Waals surface area (Å²) in [5.74, 6) is -0.0745. The number of carbonyl (C=O) groups excluding carboxylic acids is 1. The van der Waals surface area contributed by atoms with Crippen LogP contribution in [0.15, 0.2) is 10.6 Å². The van der Waals surface area contributed by atoms with Gasteiger partial charge in [-0.15, -0.1) is 0 Å². The van der Waals surface area contributed by atoms with E-state index in [9.17, 15) is 4.79 Å². The Labute approximate surface area is 104 Å². The second-order valence-corrected chi connectivity index (χ2v) is 3.97. The van der Waals surface area contributed by atoms with Crippen LogP contribution in [-0.2, 0) is 13.5 Å². The van der Waals surface area contributed by atoms with E-state index < -0.39 is 0 Å². The largest absolute Gasteiger partial charge is 0.395 e. The Morgan fingerprint density at radius 3 is 2.83 bits per heavy atom. The van der Waals surface area contributed by atoms with Crippen molar-refractivity contribution in [2.45, 2.75) is 20.3 Å². The number of amides is 1. The topological polar surface area (TPSA) is 99.0 Å². The molecule has 0 bridgehead atoms. The third kappa shape index (κ3) is 2.06. The lowest BCUT2D eigenvalue weighted by atomic mass is 10.2. The molecule has 0 unspecified atom stereocenters. The predicted octanol–water partition coefficient (Wildman–Crippen LogP) is 1.11. The van der Waals surface area contributed by atoms with Crippen molar-refractivity contribution in [3.05, 3.63) is 23.1 Å². The molecule has 2 heterocycles. The van der Waals surface area contributed by atoms with Gasteiger partial charge in [0.25, 0.3) is 5.91 Å². The molecule has 2 aromatic rings. The fourth-order valence-electron chi connectivity index (χ4n) is 1.72. The standard InChI is InChI=1S/C11H15N5O2/c1-4-7-9(12)10(16(3)14-7)11(17)13-8-5-6(2)15-18-8/h5H,4,12H2,1-3H3,(H,13,17). The van der Waals surface area contributed by atoms with Crippen LogP contribution in [0.25, 0.3) is 0 Å². The van der Waals surface area contributed by atoms with Gasteiger partial charge in [-0.1, -0.05) is 12.1 Å². The molecular weight excluding hydrogens is 234 g/mol. The summed E-state index contributed by atoms with van der Waals surface area (Å²) in [6.07, 6.45) is 0.675. The molecule has 1 amide bonds. The van der Waals surface area contributed by atoms with Crippen molar-refractivity contribution in [2.75, 3.05) is 11.1 Å². The first-order valence-electron chi connectivity index (χ1n) is 5.59. The highest BCUT2D eigenvalue weighted by Crippen LogP contribution is 2.18. The molecule has 2 rings (SSSR count). The van der Waals surface area contributed by atoms with Crippen molar-refractivity contribution in [2.24, 2.45) is 7.05 Å². The van der Waals surface area contributed by atoms with Gasteiger partial charge in [-0.3, -0.25) is 14.8 Å². The highest BCUT2D eigenvalue weighted by molar-refractivity contribution is 6.06. The van der Waals surface area contributed by atoms with Crippen LogP contribution in [0.4, 0.5) is 11.6 Å². The maximum Gasteiger partial charge on any atom is 0.278 e. The lowest BCUT2D eigenvalue weighted by Crippen LogP contribution is -2.17. The molecule has 0 saturated heterocycles. The molecular formula is C11H15N5O2. The van der Waals surface area contributed by atoms with Gasteiger partial charge in [0.2, 0.25) is 5.88 Å². The van der Waals surface area contributed by atoms with Crippen LogP contribution in [-0.4, -0.2) is 20.8 Å². The van der Waals surface area contributed by atoms with Crippen LogP contribution < -0.4 is 11.1 Å². The number of nitrogen functional groups attached to an aromatic ring is 1. The maximum absolute atomic E-state index is 12.1. The number of hydrogen-bond donors (Lipinski definition) is 2. The SMILES string of the molecule is CCc1nn(C)c(C(=O)Nc2cc(C)no2)c1N. The summed E-state index contributed by atoms with van der Waals surface area (Å²) >= 11 is 0. The first kappa shape index (κ1) is 12.2. The molecule has 7 nitrogen and oxygen atoms in total. The van der Waals surface area contributed by atoms with Gasteiger partial charge in [-0.25, -0.2) is 0 Å². The van der Waals surface area contributed by atoms with Crippen LogP contribution >= 0.6 is 0 Å². The molecule has 3 N–H and O–H groups in total. The number of aryl methyl sites for hydroxylation is 3. The smallest absolute Gasteiger partial charge is 0.278 e. The molecule has 0 aromatic carbocycles. The monoisotopic (exact) mass is 249 g/mol. The molecule has 0 aliphatic carbocycles.